The van der Waals surface area contributed by atoms with Crippen LogP contribution in [-0.4, -0.2) is 30.2 Å². The highest BCUT2D eigenvalue weighted by molar-refractivity contribution is 7.07. The highest BCUT2D eigenvalue weighted by Gasteiger charge is 2.33. The number of carbonyl (C=O) groups is 2. The monoisotopic (exact) mass is 562 g/mol. The molecule has 5 rings (SSSR count). The molecule has 2 aromatic heterocycles. The SMILES string of the molecule is CCOC(=O)C1=C(C)N=c2s/c(=C\c3ccc(-c4ccc(C(=O)OC)cc4)o3)c(=O)n2[C@@H]1c1ccc(Cl)cc1. The molecule has 0 saturated carbocycles. The number of esters is 2. The van der Waals surface area contributed by atoms with Crippen LogP contribution in [0.2, 0.25) is 5.02 Å². The Bertz CT molecular complexity index is 1780. The van der Waals surface area contributed by atoms with Crippen molar-refractivity contribution in [3.8, 4) is 11.3 Å². The molecule has 2 aromatic carbocycles. The average Bonchev–Trinajstić information content (AvgIpc) is 3.52. The molecule has 0 radical (unpaired) electrons. The van der Waals surface area contributed by atoms with Crippen molar-refractivity contribution >= 4 is 41.0 Å². The lowest BCUT2D eigenvalue weighted by Crippen LogP contribution is -2.39. The second-order valence-corrected chi connectivity index (χ2v) is 10.1. The summed E-state index contributed by atoms with van der Waals surface area (Å²) in [5, 5.41) is 0.540. The van der Waals surface area contributed by atoms with Crippen molar-refractivity contribution < 1.29 is 23.5 Å². The Kier molecular flexibility index (Phi) is 7.36. The summed E-state index contributed by atoms with van der Waals surface area (Å²) >= 11 is 7.31. The first kappa shape index (κ1) is 26.4. The number of allylic oxidation sites excluding steroid dienone is 1. The molecule has 0 N–H and O–H groups in total. The van der Waals surface area contributed by atoms with Crippen molar-refractivity contribution in [1.82, 2.24) is 4.57 Å². The van der Waals surface area contributed by atoms with Crippen molar-refractivity contribution in [1.29, 1.82) is 0 Å². The Morgan fingerprint density at radius 3 is 2.46 bits per heavy atom. The van der Waals surface area contributed by atoms with Crippen LogP contribution in [0.5, 0.6) is 0 Å². The predicted molar refractivity (Wildman–Crippen MR) is 147 cm³/mol. The molecule has 0 unspecified atom stereocenters. The summed E-state index contributed by atoms with van der Waals surface area (Å²) in [6, 6.07) is 16.6. The van der Waals surface area contributed by atoms with Gasteiger partial charge in [-0.3, -0.25) is 9.36 Å². The van der Waals surface area contributed by atoms with Gasteiger partial charge in [-0.05, 0) is 55.8 Å². The van der Waals surface area contributed by atoms with E-state index in [1.807, 2.05) is 0 Å². The number of nitrogens with zero attached hydrogens (tertiary/aromatic N) is 2. The largest absolute Gasteiger partial charge is 0.465 e. The second kappa shape index (κ2) is 10.9. The summed E-state index contributed by atoms with van der Waals surface area (Å²) in [5.74, 6) is 0.0961. The summed E-state index contributed by atoms with van der Waals surface area (Å²) < 4.78 is 17.9. The number of furan rings is 1. The van der Waals surface area contributed by atoms with Gasteiger partial charge in [0.15, 0.2) is 4.80 Å². The van der Waals surface area contributed by atoms with Gasteiger partial charge in [0.25, 0.3) is 5.56 Å². The van der Waals surface area contributed by atoms with Gasteiger partial charge in [-0.1, -0.05) is 47.2 Å². The number of aromatic nitrogens is 1. The van der Waals surface area contributed by atoms with Gasteiger partial charge in [0.1, 0.15) is 11.5 Å². The fourth-order valence-electron chi connectivity index (χ4n) is 4.36. The van der Waals surface area contributed by atoms with Gasteiger partial charge in [0.05, 0.1) is 41.1 Å². The van der Waals surface area contributed by atoms with Gasteiger partial charge in [-0.15, -0.1) is 0 Å². The minimum Gasteiger partial charge on any atom is -0.465 e. The van der Waals surface area contributed by atoms with Crippen LogP contribution in [0.3, 0.4) is 0 Å². The smallest absolute Gasteiger partial charge is 0.338 e. The van der Waals surface area contributed by atoms with Crippen LogP contribution in [0.1, 0.15) is 41.6 Å². The standard InChI is InChI=1S/C29H23ClN2O6S/c1-4-37-28(35)24-16(2)31-29-32(25(24)18-9-11-20(30)12-10-18)26(33)23(39-29)15-21-13-14-22(38-21)17-5-7-19(8-6-17)27(34)36-3/h5-15,25H,4H2,1-3H3/b23-15-/t25-/m1/s1. The van der Waals surface area contributed by atoms with Gasteiger partial charge >= 0.3 is 11.9 Å². The fraction of sp³-hybridized carbons (Fsp3) is 0.172. The molecule has 198 valence electrons. The molecule has 39 heavy (non-hydrogen) atoms. The van der Waals surface area contributed by atoms with Crippen LogP contribution in [0, 0.1) is 0 Å². The minimum absolute atomic E-state index is 0.194. The summed E-state index contributed by atoms with van der Waals surface area (Å²) in [6.45, 7) is 3.65. The molecule has 10 heteroatoms. The van der Waals surface area contributed by atoms with Gasteiger partial charge in [-0.25, -0.2) is 14.6 Å². The summed E-state index contributed by atoms with van der Waals surface area (Å²) in [6.07, 6.45) is 1.65. The molecule has 3 heterocycles. The normalized spacial score (nSPS) is 15.1. The number of fused-ring (bicyclic) bond motifs is 1. The van der Waals surface area contributed by atoms with Crippen molar-refractivity contribution in [2.24, 2.45) is 4.99 Å². The Balaban J connectivity index is 1.57. The molecule has 0 spiro atoms. The number of methoxy groups -OCH3 is 1. The lowest BCUT2D eigenvalue weighted by Gasteiger charge is -2.24. The number of rotatable bonds is 6. The molecule has 0 saturated heterocycles. The number of thiazole rings is 1. The first-order chi connectivity index (χ1) is 18.8. The van der Waals surface area contributed by atoms with Crippen molar-refractivity contribution in [3.63, 3.8) is 0 Å². The fourth-order valence-corrected chi connectivity index (χ4v) is 5.51. The number of halogens is 1. The Labute approximate surface area is 232 Å². The zero-order chi connectivity index (χ0) is 27.7. The molecule has 1 aliphatic rings. The van der Waals surface area contributed by atoms with E-state index in [0.717, 1.165) is 5.56 Å². The molecular formula is C29H23ClN2O6S. The van der Waals surface area contributed by atoms with Crippen LogP contribution in [-0.2, 0) is 14.3 Å². The van der Waals surface area contributed by atoms with Crippen molar-refractivity contribution in [2.75, 3.05) is 13.7 Å². The molecule has 4 aromatic rings. The van der Waals surface area contributed by atoms with E-state index in [1.54, 1.807) is 80.6 Å². The van der Waals surface area contributed by atoms with Crippen molar-refractivity contribution in [2.45, 2.75) is 19.9 Å². The lowest BCUT2D eigenvalue weighted by atomic mass is 9.96. The molecular weight excluding hydrogens is 540 g/mol. The van der Waals surface area contributed by atoms with Gasteiger partial charge < -0.3 is 13.9 Å². The van der Waals surface area contributed by atoms with Crippen LogP contribution >= 0.6 is 22.9 Å². The Hall–Kier alpha value is -4.21. The number of carbonyl (C=O) groups excluding carboxylic acids is 2. The second-order valence-electron chi connectivity index (χ2n) is 8.62. The summed E-state index contributed by atoms with van der Waals surface area (Å²) in [4.78, 5) is 43.4. The van der Waals surface area contributed by atoms with E-state index in [-0.39, 0.29) is 12.2 Å². The minimum atomic E-state index is -0.722. The molecule has 0 aliphatic carbocycles. The van der Waals surface area contributed by atoms with E-state index in [0.29, 0.717) is 48.3 Å². The molecule has 0 bridgehead atoms. The van der Waals surface area contributed by atoms with Crippen LogP contribution in [0.25, 0.3) is 17.4 Å². The molecule has 1 aliphatic heterocycles. The van der Waals surface area contributed by atoms with E-state index in [1.165, 1.54) is 23.0 Å². The van der Waals surface area contributed by atoms with Gasteiger partial charge in [-0.2, -0.15) is 0 Å². The zero-order valence-electron chi connectivity index (χ0n) is 21.3. The third-order valence-corrected chi connectivity index (χ3v) is 7.43. The molecule has 8 nitrogen and oxygen atoms in total. The van der Waals surface area contributed by atoms with E-state index in [2.05, 4.69) is 4.99 Å². The van der Waals surface area contributed by atoms with Crippen LogP contribution in [0.15, 0.2) is 86.1 Å². The van der Waals surface area contributed by atoms with E-state index >= 15 is 0 Å². The maximum absolute atomic E-state index is 13.7. The van der Waals surface area contributed by atoms with E-state index < -0.39 is 18.0 Å². The topological polar surface area (TPSA) is 100 Å². The zero-order valence-corrected chi connectivity index (χ0v) is 22.8. The first-order valence-electron chi connectivity index (χ1n) is 12.0. The summed E-state index contributed by atoms with van der Waals surface area (Å²) in [7, 11) is 1.33. The van der Waals surface area contributed by atoms with Gasteiger partial charge in [0, 0.05) is 16.7 Å². The van der Waals surface area contributed by atoms with Gasteiger partial charge in [0.2, 0.25) is 0 Å². The maximum atomic E-state index is 13.7. The van der Waals surface area contributed by atoms with Crippen LogP contribution < -0.4 is 14.9 Å². The third-order valence-electron chi connectivity index (χ3n) is 6.19. The van der Waals surface area contributed by atoms with E-state index in [9.17, 15) is 14.4 Å². The highest BCUT2D eigenvalue weighted by atomic mass is 35.5. The predicted octanol–water partition coefficient (Wildman–Crippen LogP) is 4.50. The summed E-state index contributed by atoms with van der Waals surface area (Å²) in [5.41, 5.74) is 2.38. The number of ether oxygens (including phenoxy) is 2. The maximum Gasteiger partial charge on any atom is 0.338 e. The lowest BCUT2D eigenvalue weighted by molar-refractivity contribution is -0.139. The number of benzene rings is 2. The number of hydrogen-bond donors (Lipinski definition) is 0. The van der Waals surface area contributed by atoms with E-state index in [4.69, 9.17) is 25.5 Å². The molecule has 0 fully saturated rings. The highest BCUT2D eigenvalue weighted by Crippen LogP contribution is 2.31. The van der Waals surface area contributed by atoms with Crippen LogP contribution in [0.4, 0.5) is 0 Å². The number of hydrogen-bond acceptors (Lipinski definition) is 8. The first-order valence-corrected chi connectivity index (χ1v) is 13.2. The molecule has 0 amide bonds. The molecule has 1 atom stereocenters. The average molecular weight is 563 g/mol. The Morgan fingerprint density at radius 1 is 1.08 bits per heavy atom. The Morgan fingerprint density at radius 2 is 1.79 bits per heavy atom. The quantitative estimate of drug-likeness (QED) is 0.321. The van der Waals surface area contributed by atoms with Crippen molar-refractivity contribution in [3.05, 3.63) is 114 Å². The third kappa shape index (κ3) is 5.10.